The second-order valence-electron chi connectivity index (χ2n) is 7.93. The van der Waals surface area contributed by atoms with Gasteiger partial charge in [-0.1, -0.05) is 30.3 Å². The fourth-order valence-electron chi connectivity index (χ4n) is 3.83. The maximum absolute atomic E-state index is 13.1. The fraction of sp³-hybridized carbons (Fsp3) is 0.296. The standard InChI is InChI=1S/C27H29FN2O4/c1-2-33-27(31)24-17-23(11-12-25(24)30-13-15-32-16-14-30)29-18-21-5-3-4-6-26(21)34-19-20-7-9-22(28)10-8-20/h3-12,17,29H,2,13-16,18-19H2,1H3. The molecule has 1 aliphatic rings. The normalized spacial score (nSPS) is 13.4. The number of hydrogen-bond acceptors (Lipinski definition) is 6. The van der Waals surface area contributed by atoms with Gasteiger partial charge in [-0.2, -0.15) is 0 Å². The number of rotatable bonds is 9. The van der Waals surface area contributed by atoms with E-state index < -0.39 is 0 Å². The second-order valence-corrected chi connectivity index (χ2v) is 7.93. The van der Waals surface area contributed by atoms with E-state index in [0.717, 1.165) is 41.3 Å². The van der Waals surface area contributed by atoms with E-state index in [1.165, 1.54) is 12.1 Å². The lowest BCUT2D eigenvalue weighted by Gasteiger charge is -2.30. The summed E-state index contributed by atoms with van der Waals surface area (Å²) in [5.41, 5.74) is 4.07. The quantitative estimate of drug-likeness (QED) is 0.448. The summed E-state index contributed by atoms with van der Waals surface area (Å²) in [6, 6.07) is 19.8. The number of carbonyl (C=O) groups is 1. The van der Waals surface area contributed by atoms with Crippen LogP contribution < -0.4 is 15.0 Å². The molecule has 6 nitrogen and oxygen atoms in total. The number of para-hydroxylation sites is 1. The minimum Gasteiger partial charge on any atom is -0.489 e. The first kappa shape index (κ1) is 23.6. The molecule has 1 saturated heterocycles. The topological polar surface area (TPSA) is 60.0 Å². The molecule has 0 saturated carbocycles. The van der Waals surface area contributed by atoms with Crippen LogP contribution in [-0.4, -0.2) is 38.9 Å². The number of morpholine rings is 1. The number of esters is 1. The zero-order valence-electron chi connectivity index (χ0n) is 19.3. The van der Waals surface area contributed by atoms with Crippen LogP contribution in [0.15, 0.2) is 66.7 Å². The minimum atomic E-state index is -0.337. The van der Waals surface area contributed by atoms with Gasteiger partial charge in [0.1, 0.15) is 18.2 Å². The molecule has 1 aliphatic heterocycles. The summed E-state index contributed by atoms with van der Waals surface area (Å²) in [7, 11) is 0. The molecule has 0 atom stereocenters. The lowest BCUT2D eigenvalue weighted by Crippen LogP contribution is -2.37. The van der Waals surface area contributed by atoms with Gasteiger partial charge in [-0.05, 0) is 48.9 Å². The van der Waals surface area contributed by atoms with Crippen molar-refractivity contribution in [2.45, 2.75) is 20.1 Å². The lowest BCUT2D eigenvalue weighted by molar-refractivity contribution is 0.0526. The first-order valence-corrected chi connectivity index (χ1v) is 11.5. The molecule has 3 aromatic rings. The summed E-state index contributed by atoms with van der Waals surface area (Å²) in [5.74, 6) is 0.140. The highest BCUT2D eigenvalue weighted by Gasteiger charge is 2.20. The van der Waals surface area contributed by atoms with Crippen LogP contribution in [0.4, 0.5) is 15.8 Å². The molecule has 1 fully saturated rings. The highest BCUT2D eigenvalue weighted by atomic mass is 19.1. The van der Waals surface area contributed by atoms with Crippen molar-refractivity contribution < 1.29 is 23.4 Å². The van der Waals surface area contributed by atoms with Crippen molar-refractivity contribution in [2.24, 2.45) is 0 Å². The summed E-state index contributed by atoms with van der Waals surface area (Å²) in [6.45, 7) is 5.72. The Balaban J connectivity index is 1.47. The van der Waals surface area contributed by atoms with Crippen molar-refractivity contribution in [1.82, 2.24) is 0 Å². The maximum Gasteiger partial charge on any atom is 0.340 e. The number of nitrogens with zero attached hydrogens (tertiary/aromatic N) is 1. The van der Waals surface area contributed by atoms with Crippen LogP contribution in [0.2, 0.25) is 0 Å². The largest absolute Gasteiger partial charge is 0.489 e. The van der Waals surface area contributed by atoms with Crippen LogP contribution in [0.5, 0.6) is 5.75 Å². The van der Waals surface area contributed by atoms with Gasteiger partial charge in [0.25, 0.3) is 0 Å². The van der Waals surface area contributed by atoms with Gasteiger partial charge in [0.15, 0.2) is 0 Å². The van der Waals surface area contributed by atoms with E-state index in [9.17, 15) is 9.18 Å². The fourth-order valence-corrected chi connectivity index (χ4v) is 3.83. The molecule has 0 spiro atoms. The van der Waals surface area contributed by atoms with Crippen LogP contribution in [0, 0.1) is 5.82 Å². The van der Waals surface area contributed by atoms with Gasteiger partial charge in [0.05, 0.1) is 31.1 Å². The van der Waals surface area contributed by atoms with Crippen molar-refractivity contribution >= 4 is 17.3 Å². The highest BCUT2D eigenvalue weighted by Crippen LogP contribution is 2.27. The lowest BCUT2D eigenvalue weighted by atomic mass is 10.1. The predicted octanol–water partition coefficient (Wildman–Crippen LogP) is 5.03. The maximum atomic E-state index is 13.1. The molecule has 178 valence electrons. The van der Waals surface area contributed by atoms with Crippen LogP contribution >= 0.6 is 0 Å². The molecule has 34 heavy (non-hydrogen) atoms. The Kier molecular flexibility index (Phi) is 7.99. The van der Waals surface area contributed by atoms with Crippen molar-refractivity contribution in [1.29, 1.82) is 0 Å². The van der Waals surface area contributed by atoms with Gasteiger partial charge >= 0.3 is 5.97 Å². The van der Waals surface area contributed by atoms with E-state index in [2.05, 4.69) is 10.2 Å². The van der Waals surface area contributed by atoms with Crippen molar-refractivity contribution in [2.75, 3.05) is 43.1 Å². The Labute approximate surface area is 199 Å². The van der Waals surface area contributed by atoms with Crippen LogP contribution in [-0.2, 0) is 22.6 Å². The molecular weight excluding hydrogens is 435 g/mol. The molecule has 0 bridgehead atoms. The molecule has 0 radical (unpaired) electrons. The average molecular weight is 465 g/mol. The van der Waals surface area contributed by atoms with Crippen molar-refractivity contribution in [3.63, 3.8) is 0 Å². The molecule has 0 unspecified atom stereocenters. The smallest absolute Gasteiger partial charge is 0.340 e. The summed E-state index contributed by atoms with van der Waals surface area (Å²) in [4.78, 5) is 14.8. The third-order valence-electron chi connectivity index (χ3n) is 5.61. The van der Waals surface area contributed by atoms with E-state index in [1.54, 1.807) is 19.1 Å². The molecule has 0 aliphatic carbocycles. The van der Waals surface area contributed by atoms with Gasteiger partial charge < -0.3 is 24.4 Å². The van der Waals surface area contributed by atoms with Crippen molar-refractivity contribution in [3.8, 4) is 5.75 Å². The third-order valence-corrected chi connectivity index (χ3v) is 5.61. The SMILES string of the molecule is CCOC(=O)c1cc(NCc2ccccc2OCc2ccc(F)cc2)ccc1N1CCOCC1. The number of nitrogens with one attached hydrogen (secondary N) is 1. The zero-order valence-corrected chi connectivity index (χ0v) is 19.3. The van der Waals surface area contributed by atoms with E-state index in [-0.39, 0.29) is 11.8 Å². The number of halogens is 1. The predicted molar refractivity (Wildman–Crippen MR) is 130 cm³/mol. The first-order chi connectivity index (χ1) is 16.6. The number of carbonyl (C=O) groups excluding carboxylic acids is 1. The van der Waals surface area contributed by atoms with Crippen LogP contribution in [0.25, 0.3) is 0 Å². The number of ether oxygens (including phenoxy) is 3. The number of hydrogen-bond donors (Lipinski definition) is 1. The Morgan fingerprint density at radius 2 is 1.82 bits per heavy atom. The first-order valence-electron chi connectivity index (χ1n) is 11.5. The van der Waals surface area contributed by atoms with Gasteiger partial charge in [-0.3, -0.25) is 0 Å². The van der Waals surface area contributed by atoms with Gasteiger partial charge in [0.2, 0.25) is 0 Å². The molecule has 7 heteroatoms. The summed E-state index contributed by atoms with van der Waals surface area (Å²) < 4.78 is 29.9. The Bertz CT molecular complexity index is 1100. The molecule has 0 aromatic heterocycles. The minimum absolute atomic E-state index is 0.268. The van der Waals surface area contributed by atoms with E-state index >= 15 is 0 Å². The Hall–Kier alpha value is -3.58. The molecule has 1 N–H and O–H groups in total. The summed E-state index contributed by atoms with van der Waals surface area (Å²) >= 11 is 0. The monoisotopic (exact) mass is 464 g/mol. The number of anilines is 2. The molecular formula is C27H29FN2O4. The highest BCUT2D eigenvalue weighted by molar-refractivity contribution is 5.97. The molecule has 0 amide bonds. The summed E-state index contributed by atoms with van der Waals surface area (Å²) in [6.07, 6.45) is 0. The van der Waals surface area contributed by atoms with Crippen LogP contribution in [0.1, 0.15) is 28.4 Å². The van der Waals surface area contributed by atoms with Gasteiger partial charge in [-0.15, -0.1) is 0 Å². The van der Waals surface area contributed by atoms with Gasteiger partial charge in [0, 0.05) is 30.9 Å². The average Bonchev–Trinajstić information content (AvgIpc) is 2.88. The Morgan fingerprint density at radius 3 is 2.59 bits per heavy atom. The van der Waals surface area contributed by atoms with E-state index in [0.29, 0.717) is 38.5 Å². The third kappa shape index (κ3) is 6.05. The number of benzene rings is 3. The van der Waals surface area contributed by atoms with Gasteiger partial charge in [-0.25, -0.2) is 9.18 Å². The molecule has 4 rings (SSSR count). The summed E-state index contributed by atoms with van der Waals surface area (Å²) in [5, 5.41) is 3.39. The zero-order chi connectivity index (χ0) is 23.8. The van der Waals surface area contributed by atoms with E-state index in [1.807, 2.05) is 42.5 Å². The van der Waals surface area contributed by atoms with E-state index in [4.69, 9.17) is 14.2 Å². The molecule has 1 heterocycles. The van der Waals surface area contributed by atoms with Crippen LogP contribution in [0.3, 0.4) is 0 Å². The van der Waals surface area contributed by atoms with Crippen molar-refractivity contribution in [3.05, 3.63) is 89.2 Å². The molecule has 3 aromatic carbocycles. The second kappa shape index (κ2) is 11.5. The Morgan fingerprint density at radius 1 is 1.06 bits per heavy atom.